The summed E-state index contributed by atoms with van der Waals surface area (Å²) in [5, 5.41) is 0.403. The predicted molar refractivity (Wildman–Crippen MR) is 125 cm³/mol. The van der Waals surface area contributed by atoms with Crippen LogP contribution >= 0.6 is 0 Å². The van der Waals surface area contributed by atoms with Crippen molar-refractivity contribution in [1.29, 1.82) is 0 Å². The molecule has 1 aliphatic carbocycles. The van der Waals surface area contributed by atoms with Crippen LogP contribution in [-0.4, -0.2) is 20.4 Å². The van der Waals surface area contributed by atoms with Crippen LogP contribution in [0.5, 0.6) is 0 Å². The van der Waals surface area contributed by atoms with Gasteiger partial charge in [-0.1, -0.05) is 54.6 Å². The van der Waals surface area contributed by atoms with E-state index >= 15 is 0 Å². The Hall–Kier alpha value is -3.80. The van der Waals surface area contributed by atoms with Gasteiger partial charge in [0.2, 0.25) is 5.91 Å². The maximum atomic E-state index is 14.9. The number of amides is 1. The van der Waals surface area contributed by atoms with Crippen molar-refractivity contribution in [2.24, 2.45) is 5.92 Å². The summed E-state index contributed by atoms with van der Waals surface area (Å²) in [6.45, 7) is 2.24. The van der Waals surface area contributed by atoms with Gasteiger partial charge < -0.3 is 4.90 Å². The lowest BCUT2D eigenvalue weighted by Crippen LogP contribution is -2.38. The molecular formula is C27H24FN3O2. The van der Waals surface area contributed by atoms with Crippen LogP contribution in [0.3, 0.4) is 0 Å². The van der Waals surface area contributed by atoms with Gasteiger partial charge >= 0.3 is 0 Å². The summed E-state index contributed by atoms with van der Waals surface area (Å²) >= 11 is 0. The number of benzene rings is 3. The van der Waals surface area contributed by atoms with Gasteiger partial charge in [-0.15, -0.1) is 0 Å². The van der Waals surface area contributed by atoms with Crippen molar-refractivity contribution >= 4 is 16.8 Å². The molecule has 3 aromatic carbocycles. The molecule has 1 aromatic heterocycles. The Morgan fingerprint density at radius 3 is 2.42 bits per heavy atom. The molecule has 0 saturated heterocycles. The predicted octanol–water partition coefficient (Wildman–Crippen LogP) is 5.02. The third kappa shape index (κ3) is 4.04. The molecule has 5 nitrogen and oxygen atoms in total. The average molecular weight is 442 g/mol. The number of hydrogen-bond donors (Lipinski definition) is 0. The number of halogens is 1. The lowest BCUT2D eigenvalue weighted by Gasteiger charge is -2.31. The first-order valence-electron chi connectivity index (χ1n) is 11.2. The van der Waals surface area contributed by atoms with Crippen LogP contribution in [0.1, 0.15) is 37.2 Å². The van der Waals surface area contributed by atoms with Crippen molar-refractivity contribution < 1.29 is 9.18 Å². The van der Waals surface area contributed by atoms with Crippen LogP contribution in [0.25, 0.3) is 16.6 Å². The number of rotatable bonds is 6. The highest BCUT2D eigenvalue weighted by Crippen LogP contribution is 2.35. The van der Waals surface area contributed by atoms with E-state index < -0.39 is 11.9 Å². The van der Waals surface area contributed by atoms with Crippen LogP contribution in [-0.2, 0) is 11.3 Å². The van der Waals surface area contributed by atoms with Gasteiger partial charge in [-0.2, -0.15) is 0 Å². The van der Waals surface area contributed by atoms with Crippen LogP contribution < -0.4 is 5.56 Å². The van der Waals surface area contributed by atoms with Crippen LogP contribution in [0.15, 0.2) is 83.7 Å². The van der Waals surface area contributed by atoms with Gasteiger partial charge in [0.25, 0.3) is 5.56 Å². The van der Waals surface area contributed by atoms with Gasteiger partial charge in [-0.25, -0.2) is 9.37 Å². The molecule has 0 aliphatic heterocycles. The smallest absolute Gasteiger partial charge is 0.266 e. The zero-order chi connectivity index (χ0) is 22.9. The summed E-state index contributed by atoms with van der Waals surface area (Å²) in [4.78, 5) is 33.4. The number of carbonyl (C=O) groups is 1. The van der Waals surface area contributed by atoms with Crippen molar-refractivity contribution in [3.05, 3.63) is 106 Å². The fourth-order valence-electron chi connectivity index (χ4n) is 4.19. The minimum Gasteiger partial charge on any atom is -0.328 e. The van der Waals surface area contributed by atoms with Gasteiger partial charge in [0.05, 0.1) is 22.6 Å². The van der Waals surface area contributed by atoms with Gasteiger partial charge in [-0.05, 0) is 49.6 Å². The molecule has 0 radical (unpaired) electrons. The molecule has 0 spiro atoms. The third-order valence-electron chi connectivity index (χ3n) is 6.14. The summed E-state index contributed by atoms with van der Waals surface area (Å²) in [6, 6.07) is 22.4. The molecule has 1 amide bonds. The Labute approximate surface area is 191 Å². The Morgan fingerprint density at radius 1 is 1.03 bits per heavy atom. The van der Waals surface area contributed by atoms with E-state index in [-0.39, 0.29) is 23.1 Å². The molecule has 0 bridgehead atoms. The minimum atomic E-state index is -0.546. The maximum absolute atomic E-state index is 14.9. The SMILES string of the molecule is CC(c1nc2ccccc2c(=O)n1-c1ccccc1F)N(Cc1ccccc1)C(=O)C1CC1. The second-order valence-electron chi connectivity index (χ2n) is 8.48. The summed E-state index contributed by atoms with van der Waals surface area (Å²) in [5.74, 6) is -0.152. The fourth-order valence-corrected chi connectivity index (χ4v) is 4.19. The number of nitrogens with zero attached hydrogens (tertiary/aromatic N) is 3. The molecule has 4 aromatic rings. The first-order valence-corrected chi connectivity index (χ1v) is 11.2. The Balaban J connectivity index is 1.69. The zero-order valence-electron chi connectivity index (χ0n) is 18.3. The molecule has 0 N–H and O–H groups in total. The highest BCUT2D eigenvalue weighted by molar-refractivity contribution is 5.82. The summed E-state index contributed by atoms with van der Waals surface area (Å²) in [7, 11) is 0. The van der Waals surface area contributed by atoms with E-state index in [0.717, 1.165) is 18.4 Å². The molecule has 166 valence electrons. The highest BCUT2D eigenvalue weighted by Gasteiger charge is 2.37. The lowest BCUT2D eigenvalue weighted by molar-refractivity contribution is -0.135. The van der Waals surface area contributed by atoms with Crippen molar-refractivity contribution in [3.63, 3.8) is 0 Å². The molecule has 6 heteroatoms. The standard InChI is InChI=1S/C27H24FN3O2/c1-18(30(26(32)20-15-16-20)17-19-9-3-2-4-10-19)25-29-23-13-7-5-11-21(23)27(33)31(25)24-14-8-6-12-22(24)28/h2-14,18,20H,15-17H2,1H3. The van der Waals surface area contributed by atoms with E-state index in [9.17, 15) is 14.0 Å². The van der Waals surface area contributed by atoms with Gasteiger partial charge in [0, 0.05) is 12.5 Å². The number of carbonyl (C=O) groups excluding carboxylic acids is 1. The highest BCUT2D eigenvalue weighted by atomic mass is 19.1. The number of para-hydroxylation sites is 2. The van der Waals surface area contributed by atoms with E-state index in [1.54, 1.807) is 41.3 Å². The van der Waals surface area contributed by atoms with Crippen molar-refractivity contribution in [2.45, 2.75) is 32.4 Å². The molecular weight excluding hydrogens is 417 g/mol. The third-order valence-corrected chi connectivity index (χ3v) is 6.14. The first kappa shape index (κ1) is 21.1. The maximum Gasteiger partial charge on any atom is 0.266 e. The molecule has 1 atom stereocenters. The van der Waals surface area contributed by atoms with Gasteiger partial charge in [0.15, 0.2) is 0 Å². The fraction of sp³-hybridized carbons (Fsp3) is 0.222. The molecule has 33 heavy (non-hydrogen) atoms. The minimum absolute atomic E-state index is 0.00903. The summed E-state index contributed by atoms with van der Waals surface area (Å²) < 4.78 is 16.2. The summed E-state index contributed by atoms with van der Waals surface area (Å²) in [5.41, 5.74) is 1.28. The molecule has 1 heterocycles. The van der Waals surface area contributed by atoms with E-state index in [1.807, 2.05) is 43.3 Å². The largest absolute Gasteiger partial charge is 0.328 e. The molecule has 1 aliphatic rings. The second kappa shape index (κ2) is 8.62. The number of fused-ring (bicyclic) bond motifs is 1. The topological polar surface area (TPSA) is 55.2 Å². The lowest BCUT2D eigenvalue weighted by atomic mass is 10.1. The quantitative estimate of drug-likeness (QED) is 0.422. The Morgan fingerprint density at radius 2 is 1.70 bits per heavy atom. The molecule has 1 saturated carbocycles. The van der Waals surface area contributed by atoms with E-state index in [2.05, 4.69) is 0 Å². The van der Waals surface area contributed by atoms with Crippen LogP contribution in [0, 0.1) is 11.7 Å². The van der Waals surface area contributed by atoms with Crippen LogP contribution in [0.4, 0.5) is 4.39 Å². The molecule has 1 fully saturated rings. The van der Waals surface area contributed by atoms with Gasteiger partial charge in [-0.3, -0.25) is 14.2 Å². The van der Waals surface area contributed by atoms with E-state index in [0.29, 0.717) is 23.3 Å². The molecule has 1 unspecified atom stereocenters. The monoisotopic (exact) mass is 441 g/mol. The Kier molecular flexibility index (Phi) is 5.50. The average Bonchev–Trinajstić information content (AvgIpc) is 3.69. The van der Waals surface area contributed by atoms with Crippen molar-refractivity contribution in [1.82, 2.24) is 14.5 Å². The van der Waals surface area contributed by atoms with Crippen LogP contribution in [0.2, 0.25) is 0 Å². The molecule has 5 rings (SSSR count). The van der Waals surface area contributed by atoms with Crippen molar-refractivity contribution in [3.8, 4) is 5.69 Å². The number of hydrogen-bond acceptors (Lipinski definition) is 3. The number of aromatic nitrogens is 2. The zero-order valence-corrected chi connectivity index (χ0v) is 18.3. The van der Waals surface area contributed by atoms with E-state index in [1.165, 1.54) is 10.6 Å². The second-order valence-corrected chi connectivity index (χ2v) is 8.48. The summed E-state index contributed by atoms with van der Waals surface area (Å²) in [6.07, 6.45) is 1.73. The van der Waals surface area contributed by atoms with Gasteiger partial charge in [0.1, 0.15) is 11.6 Å². The van der Waals surface area contributed by atoms with Crippen molar-refractivity contribution in [2.75, 3.05) is 0 Å². The van der Waals surface area contributed by atoms with E-state index in [4.69, 9.17) is 4.98 Å². The first-order chi connectivity index (χ1) is 16.0. The normalized spacial score (nSPS) is 14.2. The Bertz CT molecular complexity index is 1380.